The molecule has 5 heteroatoms. The van der Waals surface area contributed by atoms with Crippen LogP contribution in [-0.2, 0) is 20.7 Å². The fourth-order valence-corrected chi connectivity index (χ4v) is 3.35. The molecule has 3 rings (SSSR count). The highest BCUT2D eigenvalue weighted by Crippen LogP contribution is 2.37. The molecule has 114 valence electrons. The Kier molecular flexibility index (Phi) is 4.22. The molecular weight excluding hydrogens is 273 g/mol. The van der Waals surface area contributed by atoms with Gasteiger partial charge in [-0.25, -0.2) is 4.39 Å². The number of carbonyl (C=O) groups excluding carboxylic acids is 1. The molecule has 1 saturated heterocycles. The van der Waals surface area contributed by atoms with Crippen molar-refractivity contribution in [2.75, 3.05) is 26.8 Å². The van der Waals surface area contributed by atoms with E-state index in [1.165, 1.54) is 18.7 Å². The lowest BCUT2D eigenvalue weighted by Crippen LogP contribution is -2.44. The van der Waals surface area contributed by atoms with Gasteiger partial charge >= 0.3 is 5.97 Å². The van der Waals surface area contributed by atoms with Crippen molar-refractivity contribution in [2.24, 2.45) is 0 Å². The van der Waals surface area contributed by atoms with Gasteiger partial charge in [0.1, 0.15) is 5.82 Å². The second kappa shape index (κ2) is 6.12. The Balaban J connectivity index is 1.71. The molecule has 0 N–H and O–H groups in total. The van der Waals surface area contributed by atoms with Gasteiger partial charge in [0.2, 0.25) is 0 Å². The first-order valence-corrected chi connectivity index (χ1v) is 7.38. The van der Waals surface area contributed by atoms with E-state index < -0.39 is 0 Å². The Labute approximate surface area is 123 Å². The third-order valence-corrected chi connectivity index (χ3v) is 4.39. The van der Waals surface area contributed by atoms with Crippen molar-refractivity contribution in [3.05, 3.63) is 35.1 Å². The monoisotopic (exact) mass is 293 g/mol. The highest BCUT2D eigenvalue weighted by atomic mass is 19.1. The fraction of sp³-hybridized carbons (Fsp3) is 0.562. The molecule has 1 aliphatic carbocycles. The maximum absolute atomic E-state index is 13.5. The van der Waals surface area contributed by atoms with Gasteiger partial charge in [0, 0.05) is 19.1 Å². The number of aryl methyl sites for hydroxylation is 1. The highest BCUT2D eigenvalue weighted by Gasteiger charge is 2.32. The third kappa shape index (κ3) is 3.09. The SMILES string of the molecule is COC(=O)C[C@H]1CN([C@H]2CCc3ccc(F)cc32)CCO1. The summed E-state index contributed by atoms with van der Waals surface area (Å²) in [5, 5.41) is 0. The van der Waals surface area contributed by atoms with E-state index in [1.54, 1.807) is 6.07 Å². The van der Waals surface area contributed by atoms with Crippen LogP contribution in [0.25, 0.3) is 0 Å². The van der Waals surface area contributed by atoms with Gasteiger partial charge < -0.3 is 9.47 Å². The highest BCUT2D eigenvalue weighted by molar-refractivity contribution is 5.69. The molecule has 1 heterocycles. The average molecular weight is 293 g/mol. The van der Waals surface area contributed by atoms with Gasteiger partial charge in [0.25, 0.3) is 0 Å². The molecule has 0 unspecified atom stereocenters. The first-order chi connectivity index (χ1) is 10.2. The molecule has 0 radical (unpaired) electrons. The standard InChI is InChI=1S/C16H20FNO3/c1-20-16(19)9-13-10-18(6-7-21-13)15-5-3-11-2-4-12(17)8-14(11)15/h2,4,8,13,15H,3,5-7,9-10H2,1H3/t13-,15-/m0/s1. The number of hydrogen-bond acceptors (Lipinski definition) is 4. The van der Waals surface area contributed by atoms with E-state index in [4.69, 9.17) is 9.47 Å². The van der Waals surface area contributed by atoms with Crippen molar-refractivity contribution in [3.63, 3.8) is 0 Å². The Hall–Kier alpha value is -1.46. The number of methoxy groups -OCH3 is 1. The van der Waals surface area contributed by atoms with Crippen LogP contribution in [0.1, 0.15) is 30.0 Å². The lowest BCUT2D eigenvalue weighted by Gasteiger charge is -2.36. The van der Waals surface area contributed by atoms with Gasteiger partial charge in [-0.15, -0.1) is 0 Å². The molecule has 1 aliphatic heterocycles. The lowest BCUT2D eigenvalue weighted by atomic mass is 10.0. The van der Waals surface area contributed by atoms with E-state index in [1.807, 2.05) is 6.07 Å². The van der Waals surface area contributed by atoms with Crippen LogP contribution in [0.5, 0.6) is 0 Å². The molecular formula is C16H20FNO3. The maximum Gasteiger partial charge on any atom is 0.308 e. The minimum atomic E-state index is -0.250. The van der Waals surface area contributed by atoms with Crippen LogP contribution in [-0.4, -0.2) is 43.8 Å². The number of hydrogen-bond donors (Lipinski definition) is 0. The molecule has 1 aromatic rings. The van der Waals surface area contributed by atoms with E-state index in [-0.39, 0.29) is 30.4 Å². The summed E-state index contributed by atoms with van der Waals surface area (Å²) in [5.41, 5.74) is 2.33. The topological polar surface area (TPSA) is 38.8 Å². The number of rotatable bonds is 3. The number of halogens is 1. The number of esters is 1. The van der Waals surface area contributed by atoms with Gasteiger partial charge in [-0.05, 0) is 36.1 Å². The predicted molar refractivity (Wildman–Crippen MR) is 75.4 cm³/mol. The largest absolute Gasteiger partial charge is 0.469 e. The maximum atomic E-state index is 13.5. The molecule has 0 amide bonds. The van der Waals surface area contributed by atoms with Crippen LogP contribution in [0.3, 0.4) is 0 Å². The fourth-order valence-electron chi connectivity index (χ4n) is 3.35. The van der Waals surface area contributed by atoms with Crippen molar-refractivity contribution in [2.45, 2.75) is 31.4 Å². The molecule has 0 spiro atoms. The van der Waals surface area contributed by atoms with E-state index >= 15 is 0 Å². The molecule has 2 aliphatic rings. The number of nitrogens with zero attached hydrogens (tertiary/aromatic N) is 1. The van der Waals surface area contributed by atoms with Gasteiger partial charge in [-0.1, -0.05) is 6.07 Å². The first-order valence-electron chi connectivity index (χ1n) is 7.38. The van der Waals surface area contributed by atoms with Crippen LogP contribution in [0, 0.1) is 5.82 Å². The zero-order valence-corrected chi connectivity index (χ0v) is 12.2. The summed E-state index contributed by atoms with van der Waals surface area (Å²) in [6.45, 7) is 2.11. The van der Waals surface area contributed by atoms with Crippen LogP contribution in [0.2, 0.25) is 0 Å². The molecule has 21 heavy (non-hydrogen) atoms. The Bertz CT molecular complexity index is 534. The van der Waals surface area contributed by atoms with Crippen LogP contribution < -0.4 is 0 Å². The van der Waals surface area contributed by atoms with Crippen molar-refractivity contribution in [3.8, 4) is 0 Å². The molecule has 0 aromatic heterocycles. The van der Waals surface area contributed by atoms with Crippen LogP contribution in [0.4, 0.5) is 4.39 Å². The van der Waals surface area contributed by atoms with Crippen LogP contribution in [0.15, 0.2) is 18.2 Å². The van der Waals surface area contributed by atoms with Crippen molar-refractivity contribution in [1.29, 1.82) is 0 Å². The molecule has 0 bridgehead atoms. The molecule has 1 aromatic carbocycles. The zero-order valence-electron chi connectivity index (χ0n) is 12.2. The smallest absolute Gasteiger partial charge is 0.308 e. The molecule has 0 saturated carbocycles. The van der Waals surface area contributed by atoms with Gasteiger partial charge in [0.15, 0.2) is 0 Å². The minimum absolute atomic E-state index is 0.135. The number of benzene rings is 1. The quantitative estimate of drug-likeness (QED) is 0.800. The van der Waals surface area contributed by atoms with E-state index in [0.29, 0.717) is 13.2 Å². The summed E-state index contributed by atoms with van der Waals surface area (Å²) in [5.74, 6) is -0.431. The average Bonchev–Trinajstić information content (AvgIpc) is 2.90. The predicted octanol–water partition coefficient (Wildman–Crippen LogP) is 2.08. The second-order valence-electron chi connectivity index (χ2n) is 5.67. The summed E-state index contributed by atoms with van der Waals surface area (Å²) < 4.78 is 23.8. The Morgan fingerprint density at radius 3 is 3.19 bits per heavy atom. The summed E-state index contributed by atoms with van der Waals surface area (Å²) in [7, 11) is 1.39. The lowest BCUT2D eigenvalue weighted by molar-refractivity contribution is -0.146. The Morgan fingerprint density at radius 2 is 2.38 bits per heavy atom. The van der Waals surface area contributed by atoms with Gasteiger partial charge in [-0.3, -0.25) is 9.69 Å². The zero-order chi connectivity index (χ0) is 14.8. The molecule has 1 fully saturated rings. The summed E-state index contributed by atoms with van der Waals surface area (Å²) in [6, 6.07) is 5.30. The third-order valence-electron chi connectivity index (χ3n) is 4.39. The van der Waals surface area contributed by atoms with E-state index in [0.717, 1.165) is 24.9 Å². The number of morpholine rings is 1. The minimum Gasteiger partial charge on any atom is -0.469 e. The number of fused-ring (bicyclic) bond motifs is 1. The summed E-state index contributed by atoms with van der Waals surface area (Å²) >= 11 is 0. The van der Waals surface area contributed by atoms with E-state index in [2.05, 4.69) is 4.90 Å². The molecule has 4 nitrogen and oxygen atoms in total. The van der Waals surface area contributed by atoms with E-state index in [9.17, 15) is 9.18 Å². The summed E-state index contributed by atoms with van der Waals surface area (Å²) in [4.78, 5) is 13.7. The summed E-state index contributed by atoms with van der Waals surface area (Å²) in [6.07, 6.45) is 2.13. The molecule has 2 atom stereocenters. The number of ether oxygens (including phenoxy) is 2. The van der Waals surface area contributed by atoms with Crippen molar-refractivity contribution in [1.82, 2.24) is 4.90 Å². The second-order valence-corrected chi connectivity index (χ2v) is 5.67. The van der Waals surface area contributed by atoms with Crippen LogP contribution >= 0.6 is 0 Å². The first kappa shape index (κ1) is 14.5. The van der Waals surface area contributed by atoms with Gasteiger partial charge in [0.05, 0.1) is 26.2 Å². The van der Waals surface area contributed by atoms with Gasteiger partial charge in [-0.2, -0.15) is 0 Å². The van der Waals surface area contributed by atoms with Crippen molar-refractivity contribution < 1.29 is 18.7 Å². The Morgan fingerprint density at radius 1 is 1.52 bits per heavy atom. The number of carbonyl (C=O) groups is 1. The van der Waals surface area contributed by atoms with Crippen molar-refractivity contribution >= 4 is 5.97 Å². The normalized spacial score (nSPS) is 25.6.